The van der Waals surface area contributed by atoms with Crippen molar-refractivity contribution in [2.45, 2.75) is 19.8 Å². The summed E-state index contributed by atoms with van der Waals surface area (Å²) in [6, 6.07) is 5.99. The van der Waals surface area contributed by atoms with Crippen LogP contribution >= 0.6 is 11.6 Å². The van der Waals surface area contributed by atoms with E-state index in [4.69, 9.17) is 17.3 Å². The van der Waals surface area contributed by atoms with Crippen LogP contribution in [0.3, 0.4) is 0 Å². The second-order valence-electron chi connectivity index (χ2n) is 3.64. The molecule has 3 heteroatoms. The number of H-pyrrole nitrogens is 1. The molecule has 0 fully saturated rings. The number of nitrogens with one attached hydrogen (secondary N) is 1. The van der Waals surface area contributed by atoms with Crippen molar-refractivity contribution in [1.29, 1.82) is 0 Å². The average molecular weight is 223 g/mol. The summed E-state index contributed by atoms with van der Waals surface area (Å²) < 4.78 is 0. The number of halogens is 1. The fourth-order valence-corrected chi connectivity index (χ4v) is 2.25. The van der Waals surface area contributed by atoms with Gasteiger partial charge in [-0.1, -0.05) is 30.7 Å². The van der Waals surface area contributed by atoms with E-state index in [0.717, 1.165) is 23.4 Å². The number of benzene rings is 1. The summed E-state index contributed by atoms with van der Waals surface area (Å²) in [5.41, 5.74) is 9.24. The van der Waals surface area contributed by atoms with Crippen molar-refractivity contribution in [2.75, 3.05) is 6.54 Å². The lowest BCUT2D eigenvalue weighted by atomic mass is 10.1. The summed E-state index contributed by atoms with van der Waals surface area (Å²) in [6.07, 6.45) is 1.89. The van der Waals surface area contributed by atoms with Crippen molar-refractivity contribution in [3.05, 3.63) is 34.5 Å². The summed E-state index contributed by atoms with van der Waals surface area (Å²) in [6.45, 7) is 2.81. The van der Waals surface area contributed by atoms with Crippen LogP contribution in [0.15, 0.2) is 18.2 Å². The van der Waals surface area contributed by atoms with Gasteiger partial charge in [0.1, 0.15) is 0 Å². The van der Waals surface area contributed by atoms with Crippen LogP contribution in [0.4, 0.5) is 0 Å². The molecular weight excluding hydrogens is 208 g/mol. The number of aryl methyl sites for hydroxylation is 1. The molecule has 0 saturated carbocycles. The van der Waals surface area contributed by atoms with Gasteiger partial charge >= 0.3 is 0 Å². The van der Waals surface area contributed by atoms with Gasteiger partial charge in [0, 0.05) is 11.1 Å². The first-order valence-corrected chi connectivity index (χ1v) is 5.63. The van der Waals surface area contributed by atoms with E-state index in [2.05, 4.69) is 18.0 Å². The van der Waals surface area contributed by atoms with Crippen LogP contribution in [-0.2, 0) is 12.8 Å². The first-order chi connectivity index (χ1) is 7.27. The monoisotopic (exact) mass is 222 g/mol. The van der Waals surface area contributed by atoms with Crippen LogP contribution in [0.25, 0.3) is 10.9 Å². The molecule has 2 aromatic rings. The molecule has 0 aliphatic carbocycles. The van der Waals surface area contributed by atoms with E-state index in [9.17, 15) is 0 Å². The molecule has 15 heavy (non-hydrogen) atoms. The molecule has 80 valence electrons. The van der Waals surface area contributed by atoms with Crippen molar-refractivity contribution in [1.82, 2.24) is 4.98 Å². The summed E-state index contributed by atoms with van der Waals surface area (Å²) in [5, 5.41) is 2.00. The molecular formula is C12H15ClN2. The molecule has 0 atom stereocenters. The first kappa shape index (κ1) is 10.5. The topological polar surface area (TPSA) is 41.8 Å². The highest BCUT2D eigenvalue weighted by atomic mass is 35.5. The number of hydrogen-bond donors (Lipinski definition) is 2. The van der Waals surface area contributed by atoms with E-state index in [1.54, 1.807) is 0 Å². The van der Waals surface area contributed by atoms with Gasteiger partial charge in [-0.2, -0.15) is 0 Å². The normalized spacial score (nSPS) is 11.1. The van der Waals surface area contributed by atoms with Gasteiger partial charge in [0.25, 0.3) is 0 Å². The fraction of sp³-hybridized carbons (Fsp3) is 0.333. The van der Waals surface area contributed by atoms with E-state index >= 15 is 0 Å². The van der Waals surface area contributed by atoms with Gasteiger partial charge < -0.3 is 10.7 Å². The molecule has 1 aromatic carbocycles. The Morgan fingerprint density at radius 3 is 2.87 bits per heavy atom. The second kappa shape index (κ2) is 4.25. The maximum absolute atomic E-state index is 6.14. The fourth-order valence-electron chi connectivity index (χ4n) is 2.02. The lowest BCUT2D eigenvalue weighted by Gasteiger charge is -1.99. The molecule has 1 heterocycles. The summed E-state index contributed by atoms with van der Waals surface area (Å²) in [7, 11) is 0. The molecule has 2 nitrogen and oxygen atoms in total. The molecule has 1 aromatic heterocycles. The van der Waals surface area contributed by atoms with Crippen LogP contribution in [-0.4, -0.2) is 11.5 Å². The molecule has 0 unspecified atom stereocenters. The van der Waals surface area contributed by atoms with Crippen LogP contribution in [0.2, 0.25) is 5.02 Å². The highest BCUT2D eigenvalue weighted by molar-refractivity contribution is 6.35. The Bertz CT molecular complexity index is 474. The lowest BCUT2D eigenvalue weighted by molar-refractivity contribution is 0.936. The summed E-state index contributed by atoms with van der Waals surface area (Å²) >= 11 is 6.14. The summed E-state index contributed by atoms with van der Waals surface area (Å²) in [4.78, 5) is 3.38. The number of rotatable bonds is 3. The number of aromatic amines is 1. The van der Waals surface area contributed by atoms with Gasteiger partial charge in [-0.15, -0.1) is 0 Å². The Balaban J connectivity index is 2.68. The molecule has 0 aliphatic rings. The van der Waals surface area contributed by atoms with Crippen LogP contribution in [0, 0.1) is 0 Å². The molecule has 0 aliphatic heterocycles. The van der Waals surface area contributed by atoms with Crippen molar-refractivity contribution < 1.29 is 0 Å². The first-order valence-electron chi connectivity index (χ1n) is 5.26. The third-order valence-corrected chi connectivity index (χ3v) is 3.04. The van der Waals surface area contributed by atoms with Crippen molar-refractivity contribution in [2.24, 2.45) is 5.73 Å². The SMILES string of the molecule is CCc1[nH]c2c(Cl)cccc2c1CCN. The maximum Gasteiger partial charge on any atom is 0.0648 e. The standard InChI is InChI=1S/C12H15ClN2/c1-2-11-8(6-7-14)9-4-3-5-10(13)12(9)15-11/h3-5,15H,2,6-7,14H2,1H3. The largest absolute Gasteiger partial charge is 0.357 e. The number of para-hydroxylation sites is 1. The second-order valence-corrected chi connectivity index (χ2v) is 4.04. The van der Waals surface area contributed by atoms with E-state index in [1.807, 2.05) is 12.1 Å². The zero-order chi connectivity index (χ0) is 10.8. The van der Waals surface area contributed by atoms with Gasteiger partial charge in [0.05, 0.1) is 10.5 Å². The zero-order valence-corrected chi connectivity index (χ0v) is 9.56. The van der Waals surface area contributed by atoms with Gasteiger partial charge in [0.15, 0.2) is 0 Å². The number of nitrogens with two attached hydrogens (primary N) is 1. The van der Waals surface area contributed by atoms with Gasteiger partial charge in [-0.3, -0.25) is 0 Å². The maximum atomic E-state index is 6.14. The minimum absolute atomic E-state index is 0.673. The molecule has 0 radical (unpaired) electrons. The molecule has 0 saturated heterocycles. The Morgan fingerprint density at radius 2 is 2.20 bits per heavy atom. The van der Waals surface area contributed by atoms with Crippen molar-refractivity contribution >= 4 is 22.5 Å². The van der Waals surface area contributed by atoms with Gasteiger partial charge in [-0.05, 0) is 31.0 Å². The van der Waals surface area contributed by atoms with Crippen molar-refractivity contribution in [3.63, 3.8) is 0 Å². The predicted octanol–water partition coefficient (Wildman–Crippen LogP) is 2.88. The van der Waals surface area contributed by atoms with Crippen LogP contribution in [0.1, 0.15) is 18.2 Å². The predicted molar refractivity (Wildman–Crippen MR) is 65.4 cm³/mol. The molecule has 0 bridgehead atoms. The Hall–Kier alpha value is -0.990. The Labute approximate surface area is 94.4 Å². The summed E-state index contributed by atoms with van der Waals surface area (Å²) in [5.74, 6) is 0. The van der Waals surface area contributed by atoms with E-state index in [0.29, 0.717) is 6.54 Å². The van der Waals surface area contributed by atoms with Gasteiger partial charge in [-0.25, -0.2) is 0 Å². The third kappa shape index (κ3) is 1.75. The molecule has 0 spiro atoms. The highest BCUT2D eigenvalue weighted by Gasteiger charge is 2.10. The number of fused-ring (bicyclic) bond motifs is 1. The number of hydrogen-bond acceptors (Lipinski definition) is 1. The minimum Gasteiger partial charge on any atom is -0.357 e. The van der Waals surface area contributed by atoms with E-state index in [-0.39, 0.29) is 0 Å². The minimum atomic E-state index is 0.673. The highest BCUT2D eigenvalue weighted by Crippen LogP contribution is 2.28. The average Bonchev–Trinajstić information content (AvgIpc) is 2.59. The van der Waals surface area contributed by atoms with Crippen LogP contribution < -0.4 is 5.73 Å². The molecule has 2 rings (SSSR count). The number of aromatic nitrogens is 1. The van der Waals surface area contributed by atoms with Crippen LogP contribution in [0.5, 0.6) is 0 Å². The Kier molecular flexibility index (Phi) is 2.98. The smallest absolute Gasteiger partial charge is 0.0648 e. The van der Waals surface area contributed by atoms with Gasteiger partial charge in [0.2, 0.25) is 0 Å². The molecule has 3 N–H and O–H groups in total. The Morgan fingerprint density at radius 1 is 1.40 bits per heavy atom. The molecule has 0 amide bonds. The third-order valence-electron chi connectivity index (χ3n) is 2.73. The quantitative estimate of drug-likeness (QED) is 0.824. The van der Waals surface area contributed by atoms with Crippen molar-refractivity contribution in [3.8, 4) is 0 Å². The van der Waals surface area contributed by atoms with E-state index < -0.39 is 0 Å². The lowest BCUT2D eigenvalue weighted by Crippen LogP contribution is -2.04. The van der Waals surface area contributed by atoms with E-state index in [1.165, 1.54) is 16.6 Å². The zero-order valence-electron chi connectivity index (χ0n) is 8.81.